The van der Waals surface area contributed by atoms with Crippen LogP contribution in [0.25, 0.3) is 0 Å². The summed E-state index contributed by atoms with van der Waals surface area (Å²) in [5.41, 5.74) is 2.89. The van der Waals surface area contributed by atoms with E-state index < -0.39 is 25.5 Å². The number of carbonyl (C=O) groups excluding carboxylic acids is 1. The lowest BCUT2D eigenvalue weighted by Gasteiger charge is -2.38. The highest BCUT2D eigenvalue weighted by atomic mass is 28.3. The minimum absolute atomic E-state index is 0.0213. The van der Waals surface area contributed by atoms with Gasteiger partial charge < -0.3 is 16.2 Å². The summed E-state index contributed by atoms with van der Waals surface area (Å²) in [4.78, 5) is 11.7. The van der Waals surface area contributed by atoms with Crippen molar-refractivity contribution in [3.05, 3.63) is 35.9 Å². The smallest absolute Gasteiger partial charge is 0.267 e. The van der Waals surface area contributed by atoms with Gasteiger partial charge in [0.15, 0.2) is 0 Å². The van der Waals surface area contributed by atoms with Gasteiger partial charge in [-0.15, -0.1) is 0 Å². The van der Waals surface area contributed by atoms with E-state index >= 15 is 0 Å². The van der Waals surface area contributed by atoms with Crippen molar-refractivity contribution in [2.24, 2.45) is 5.73 Å². The van der Waals surface area contributed by atoms with Crippen molar-refractivity contribution < 1.29 is 18.7 Å². The maximum Gasteiger partial charge on any atom is 0.267 e. The summed E-state index contributed by atoms with van der Waals surface area (Å²) in [6.45, 7) is 3.20. The molecule has 1 rings (SSSR count). The van der Waals surface area contributed by atoms with Crippen molar-refractivity contribution in [3.8, 4) is 0 Å². The molecule has 0 heterocycles. The average molecular weight is 330 g/mol. The number of hydrogen-bond donors (Lipinski definition) is 3. The maximum atomic E-state index is 14.7. The van der Waals surface area contributed by atoms with Gasteiger partial charge in [0.2, 0.25) is 14.0 Å². The third-order valence-corrected chi connectivity index (χ3v) is 7.84. The van der Waals surface area contributed by atoms with Gasteiger partial charge in [0, 0.05) is 6.42 Å². The van der Waals surface area contributed by atoms with Crippen LogP contribution < -0.4 is 11.1 Å². The van der Waals surface area contributed by atoms with Crippen LogP contribution in [0.5, 0.6) is 0 Å². The highest BCUT2D eigenvalue weighted by Gasteiger charge is 2.56. The Hall–Kier alpha value is -1.31. The fraction of sp³-hybridized carbons (Fsp3) is 0.533. The Morgan fingerprint density at radius 2 is 2.05 bits per heavy atom. The molecule has 0 fully saturated rings. The van der Waals surface area contributed by atoms with Crippen LogP contribution in [0, 0.1) is 0 Å². The predicted molar refractivity (Wildman–Crippen MR) is 84.6 cm³/mol. The van der Waals surface area contributed by atoms with E-state index in [2.05, 4.69) is 0 Å². The Morgan fingerprint density at radius 1 is 1.45 bits per heavy atom. The molecule has 124 valence electrons. The van der Waals surface area contributed by atoms with Crippen LogP contribution in [-0.2, 0) is 10.8 Å². The number of aliphatic hydroxyl groups is 1. The summed E-state index contributed by atoms with van der Waals surface area (Å²) in [5, 5.41) is 12.0. The molecule has 0 aliphatic carbocycles. The molecular formula is C15H24F2N2O2Si. The van der Waals surface area contributed by atoms with Crippen molar-refractivity contribution in [3.63, 3.8) is 0 Å². The van der Waals surface area contributed by atoms with Gasteiger partial charge >= 0.3 is 0 Å². The molecule has 0 bridgehead atoms. The van der Waals surface area contributed by atoms with E-state index in [0.29, 0.717) is 12.0 Å². The van der Waals surface area contributed by atoms with Crippen LogP contribution >= 0.6 is 0 Å². The Kier molecular flexibility index (Phi) is 6.64. The van der Waals surface area contributed by atoms with Crippen molar-refractivity contribution in [1.29, 1.82) is 0 Å². The van der Waals surface area contributed by atoms with Crippen LogP contribution in [-0.4, -0.2) is 30.6 Å². The normalized spacial score (nSPS) is 18.1. The summed E-state index contributed by atoms with van der Waals surface area (Å²) < 4.78 is 28.6. The second-order valence-electron chi connectivity index (χ2n) is 5.76. The number of nitrogens with two attached hydrogens (primary N) is 1. The Balaban J connectivity index is 2.93. The van der Waals surface area contributed by atoms with E-state index in [1.165, 1.54) is 6.55 Å². The molecule has 0 spiro atoms. The molecule has 4 nitrogen and oxygen atoms in total. The third-order valence-electron chi connectivity index (χ3n) is 3.84. The molecule has 4 N–H and O–H groups in total. The van der Waals surface area contributed by atoms with E-state index in [4.69, 9.17) is 5.73 Å². The van der Waals surface area contributed by atoms with Crippen LogP contribution in [0.2, 0.25) is 6.55 Å². The first-order valence-corrected chi connectivity index (χ1v) is 10.2. The van der Waals surface area contributed by atoms with Gasteiger partial charge in [-0.25, -0.2) is 4.39 Å². The monoisotopic (exact) mass is 330 g/mol. The molecule has 0 aliphatic heterocycles. The minimum Gasteiger partial charge on any atom is -0.349 e. The zero-order valence-corrected chi connectivity index (χ0v) is 14.0. The lowest BCUT2D eigenvalue weighted by Crippen LogP contribution is -2.71. The van der Waals surface area contributed by atoms with Gasteiger partial charge in [0.1, 0.15) is 5.92 Å². The summed E-state index contributed by atoms with van der Waals surface area (Å²) in [6, 6.07) is 8.67. The number of rotatable bonds is 8. The zero-order valence-electron chi connectivity index (χ0n) is 13.0. The summed E-state index contributed by atoms with van der Waals surface area (Å²) >= 11 is 0. The molecule has 0 saturated carbocycles. The van der Waals surface area contributed by atoms with Crippen LogP contribution in [0.1, 0.15) is 31.7 Å². The second kappa shape index (κ2) is 7.80. The van der Waals surface area contributed by atoms with E-state index in [1.807, 2.05) is 12.2 Å². The number of hydrogen-bond acceptors (Lipinski definition) is 3. The molecule has 0 radical (unpaired) electrons. The Bertz CT molecular complexity index is 486. The fourth-order valence-corrected chi connectivity index (χ4v) is 4.45. The Morgan fingerprint density at radius 3 is 2.55 bits per heavy atom. The maximum absolute atomic E-state index is 14.7. The number of alkyl halides is 2. The molecule has 0 aliphatic rings. The highest BCUT2D eigenvalue weighted by Crippen LogP contribution is 2.27. The largest absolute Gasteiger partial charge is 0.349 e. The lowest BCUT2D eigenvalue weighted by molar-refractivity contribution is -0.133. The quantitative estimate of drug-likeness (QED) is 0.388. The standard InChI is InChI=1S/C15H24F2N2O2Si/c1-3-4-10-13(20)19-15(17,21)22(2,14(16)18)11-12-8-6-5-7-9-12/h5-9,14,21H,3-4,10-11,18H2,1-2H3,(H,19,20). The van der Waals surface area contributed by atoms with E-state index in [9.17, 15) is 18.7 Å². The number of nitrogens with one attached hydrogen (secondary N) is 1. The van der Waals surface area contributed by atoms with Crippen LogP contribution in [0.3, 0.4) is 0 Å². The molecule has 1 aromatic carbocycles. The molecule has 3 atom stereocenters. The third kappa shape index (κ3) is 4.59. The summed E-state index contributed by atoms with van der Waals surface area (Å²) in [6.07, 6.45) is 1.42. The van der Waals surface area contributed by atoms with E-state index in [-0.39, 0.29) is 12.5 Å². The SMILES string of the molecule is CCCCC(=O)NC(O)(F)[Si](C)(Cc1ccccc1)C(N)F. The fourth-order valence-electron chi connectivity index (χ4n) is 2.14. The van der Waals surface area contributed by atoms with E-state index in [1.54, 1.807) is 30.3 Å². The van der Waals surface area contributed by atoms with Crippen molar-refractivity contribution in [2.45, 2.75) is 50.3 Å². The molecule has 3 unspecified atom stereocenters. The van der Waals surface area contributed by atoms with Crippen molar-refractivity contribution in [2.75, 3.05) is 0 Å². The van der Waals surface area contributed by atoms with Crippen molar-refractivity contribution >= 4 is 14.0 Å². The molecule has 22 heavy (non-hydrogen) atoms. The first kappa shape index (κ1) is 18.7. The lowest BCUT2D eigenvalue weighted by atomic mass is 10.2. The number of unbranched alkanes of at least 4 members (excludes halogenated alkanes) is 1. The van der Waals surface area contributed by atoms with E-state index in [0.717, 1.165) is 6.42 Å². The molecule has 0 saturated heterocycles. The zero-order chi connectivity index (χ0) is 16.8. The summed E-state index contributed by atoms with van der Waals surface area (Å²) in [7, 11) is -3.73. The van der Waals surface area contributed by atoms with Crippen LogP contribution in [0.4, 0.5) is 8.78 Å². The van der Waals surface area contributed by atoms with Gasteiger partial charge in [0.25, 0.3) is 5.60 Å². The Labute approximate surface area is 130 Å². The number of amides is 1. The summed E-state index contributed by atoms with van der Waals surface area (Å²) in [5.74, 6) is -2.66. The molecular weight excluding hydrogens is 306 g/mol. The number of benzene rings is 1. The average Bonchev–Trinajstić information content (AvgIpc) is 2.45. The van der Waals surface area contributed by atoms with Crippen molar-refractivity contribution in [1.82, 2.24) is 5.32 Å². The topological polar surface area (TPSA) is 75.3 Å². The van der Waals surface area contributed by atoms with Gasteiger partial charge in [-0.1, -0.05) is 55.8 Å². The highest BCUT2D eigenvalue weighted by molar-refractivity contribution is 6.81. The first-order valence-electron chi connectivity index (χ1n) is 7.39. The number of halogens is 2. The molecule has 0 aromatic heterocycles. The van der Waals surface area contributed by atoms with Crippen LogP contribution in [0.15, 0.2) is 30.3 Å². The van der Waals surface area contributed by atoms with Gasteiger partial charge in [-0.05, 0) is 12.5 Å². The van der Waals surface area contributed by atoms with Gasteiger partial charge in [0.05, 0.1) is 0 Å². The minimum atomic E-state index is -3.73. The first-order chi connectivity index (χ1) is 10.2. The predicted octanol–water partition coefficient (Wildman–Crippen LogP) is 2.10. The molecule has 7 heteroatoms. The van der Waals surface area contributed by atoms with Gasteiger partial charge in [-0.2, -0.15) is 4.39 Å². The van der Waals surface area contributed by atoms with Gasteiger partial charge in [-0.3, -0.25) is 4.79 Å². The second-order valence-corrected chi connectivity index (χ2v) is 10.2. The molecule has 1 aromatic rings. The number of carbonyl (C=O) groups is 1. The molecule has 1 amide bonds.